The lowest BCUT2D eigenvalue weighted by molar-refractivity contribution is -0.128. The van der Waals surface area contributed by atoms with E-state index in [9.17, 15) is 9.59 Å². The number of nitrogens with one attached hydrogen (secondary N) is 2. The first kappa shape index (κ1) is 19.4. The molecule has 1 fully saturated rings. The molecule has 2 aromatic carbocycles. The molecule has 29 heavy (non-hydrogen) atoms. The molecule has 7 heteroatoms. The van der Waals surface area contributed by atoms with Gasteiger partial charge in [-0.05, 0) is 29.7 Å². The van der Waals surface area contributed by atoms with Crippen LogP contribution in [0.5, 0.6) is 0 Å². The highest BCUT2D eigenvalue weighted by Crippen LogP contribution is 2.32. The van der Waals surface area contributed by atoms with Gasteiger partial charge in [0, 0.05) is 23.6 Å². The Kier molecular flexibility index (Phi) is 5.78. The third-order valence-corrected chi connectivity index (χ3v) is 6.04. The number of thioether (sulfide) groups is 1. The summed E-state index contributed by atoms with van der Waals surface area (Å²) in [5, 5.41) is 4.04. The predicted molar refractivity (Wildman–Crippen MR) is 121 cm³/mol. The number of carbonyl (C=O) groups is 2. The van der Waals surface area contributed by atoms with E-state index in [1.54, 1.807) is 6.08 Å². The molecule has 1 saturated heterocycles. The maximum absolute atomic E-state index is 12.6. The van der Waals surface area contributed by atoms with Crippen LogP contribution in [0.1, 0.15) is 11.1 Å². The van der Waals surface area contributed by atoms with Crippen LogP contribution < -0.4 is 5.32 Å². The van der Waals surface area contributed by atoms with Crippen LogP contribution >= 0.6 is 24.0 Å². The van der Waals surface area contributed by atoms with Crippen LogP contribution in [0.3, 0.4) is 0 Å². The minimum atomic E-state index is -0.226. The number of H-pyrrole nitrogens is 1. The monoisotopic (exact) mass is 421 g/mol. The SMILES string of the molecule is O=C(CN1C(=O)/C(=C\c2ccccc2)SC1=S)NCCc1c[nH]c2ccccc12. The first-order valence-electron chi connectivity index (χ1n) is 9.24. The van der Waals surface area contributed by atoms with Gasteiger partial charge in [0.05, 0.1) is 4.91 Å². The lowest BCUT2D eigenvalue weighted by atomic mass is 10.1. The topological polar surface area (TPSA) is 65.2 Å². The molecule has 0 bridgehead atoms. The van der Waals surface area contributed by atoms with Gasteiger partial charge in [-0.1, -0.05) is 72.5 Å². The summed E-state index contributed by atoms with van der Waals surface area (Å²) in [7, 11) is 0. The molecule has 2 amide bonds. The molecule has 5 nitrogen and oxygen atoms in total. The van der Waals surface area contributed by atoms with Gasteiger partial charge in [0.1, 0.15) is 10.9 Å². The highest BCUT2D eigenvalue weighted by atomic mass is 32.2. The fraction of sp³-hybridized carbons (Fsp3) is 0.136. The number of carbonyl (C=O) groups excluding carboxylic acids is 2. The summed E-state index contributed by atoms with van der Waals surface area (Å²) in [6.45, 7) is 0.431. The fourth-order valence-electron chi connectivity index (χ4n) is 3.21. The van der Waals surface area contributed by atoms with Gasteiger partial charge in [-0.2, -0.15) is 0 Å². The number of nitrogens with zero attached hydrogens (tertiary/aromatic N) is 1. The molecule has 3 aromatic rings. The van der Waals surface area contributed by atoms with Crippen molar-refractivity contribution in [2.75, 3.05) is 13.1 Å². The number of hydrogen-bond donors (Lipinski definition) is 2. The molecule has 2 N–H and O–H groups in total. The number of amides is 2. The standard InChI is InChI=1S/C22H19N3O2S2/c26-20(23-11-10-16-13-24-18-9-5-4-8-17(16)18)14-25-21(27)19(29-22(25)28)12-15-6-2-1-3-7-15/h1-9,12-13,24H,10-11,14H2,(H,23,26)/b19-12+. The number of rotatable bonds is 6. The molecule has 1 aliphatic heterocycles. The number of thiocarbonyl (C=S) groups is 1. The van der Waals surface area contributed by atoms with Gasteiger partial charge in [-0.15, -0.1) is 0 Å². The van der Waals surface area contributed by atoms with Crippen molar-refractivity contribution in [3.63, 3.8) is 0 Å². The van der Waals surface area contributed by atoms with Gasteiger partial charge in [-0.25, -0.2) is 0 Å². The first-order valence-corrected chi connectivity index (χ1v) is 10.5. The van der Waals surface area contributed by atoms with Crippen molar-refractivity contribution >= 4 is 57.1 Å². The molecular weight excluding hydrogens is 402 g/mol. The Bertz CT molecular complexity index is 1110. The summed E-state index contributed by atoms with van der Waals surface area (Å²) in [4.78, 5) is 30.1. The summed E-state index contributed by atoms with van der Waals surface area (Å²) in [6.07, 6.45) is 4.48. The average molecular weight is 422 g/mol. The van der Waals surface area contributed by atoms with Crippen LogP contribution in [0.15, 0.2) is 65.7 Å². The number of aromatic nitrogens is 1. The minimum absolute atomic E-state index is 0.0648. The third kappa shape index (κ3) is 4.41. The van der Waals surface area contributed by atoms with E-state index in [4.69, 9.17) is 12.2 Å². The summed E-state index contributed by atoms with van der Waals surface area (Å²) >= 11 is 6.53. The molecule has 1 aromatic heterocycles. The molecule has 146 valence electrons. The number of fused-ring (bicyclic) bond motifs is 1. The highest BCUT2D eigenvalue weighted by Gasteiger charge is 2.33. The van der Waals surface area contributed by atoms with E-state index in [0.29, 0.717) is 22.2 Å². The quantitative estimate of drug-likeness (QED) is 0.470. The maximum Gasteiger partial charge on any atom is 0.266 e. The third-order valence-electron chi connectivity index (χ3n) is 4.66. The molecule has 2 heterocycles. The zero-order valence-electron chi connectivity index (χ0n) is 15.6. The molecular formula is C22H19N3O2S2. The minimum Gasteiger partial charge on any atom is -0.361 e. The van der Waals surface area contributed by atoms with E-state index in [-0.39, 0.29) is 18.4 Å². The Balaban J connectivity index is 1.33. The van der Waals surface area contributed by atoms with Gasteiger partial charge in [-0.3, -0.25) is 14.5 Å². The zero-order chi connectivity index (χ0) is 20.2. The lowest BCUT2D eigenvalue weighted by Gasteiger charge is -2.14. The van der Waals surface area contributed by atoms with E-state index in [0.717, 1.165) is 22.0 Å². The number of benzene rings is 2. The summed E-state index contributed by atoms with van der Waals surface area (Å²) < 4.78 is 0.406. The highest BCUT2D eigenvalue weighted by molar-refractivity contribution is 8.26. The van der Waals surface area contributed by atoms with Gasteiger partial charge < -0.3 is 10.3 Å². The van der Waals surface area contributed by atoms with Crippen molar-refractivity contribution in [1.29, 1.82) is 0 Å². The van der Waals surface area contributed by atoms with E-state index < -0.39 is 0 Å². The Morgan fingerprint density at radius 1 is 1.14 bits per heavy atom. The number of hydrogen-bond acceptors (Lipinski definition) is 4. The smallest absolute Gasteiger partial charge is 0.266 e. The van der Waals surface area contributed by atoms with Gasteiger partial charge in [0.25, 0.3) is 5.91 Å². The van der Waals surface area contributed by atoms with Crippen LogP contribution in [0, 0.1) is 0 Å². The van der Waals surface area contributed by atoms with Crippen LogP contribution in [0.2, 0.25) is 0 Å². The number of aromatic amines is 1. The van der Waals surface area contributed by atoms with Crippen LogP contribution in [0.25, 0.3) is 17.0 Å². The van der Waals surface area contributed by atoms with Crippen molar-refractivity contribution in [3.05, 3.63) is 76.8 Å². The second-order valence-corrected chi connectivity index (χ2v) is 8.31. The zero-order valence-corrected chi connectivity index (χ0v) is 17.2. The van der Waals surface area contributed by atoms with Crippen molar-refractivity contribution in [2.24, 2.45) is 0 Å². The van der Waals surface area contributed by atoms with E-state index >= 15 is 0 Å². The van der Waals surface area contributed by atoms with E-state index in [2.05, 4.69) is 16.4 Å². The largest absolute Gasteiger partial charge is 0.361 e. The molecule has 0 aliphatic carbocycles. The molecule has 0 saturated carbocycles. The second kappa shape index (κ2) is 8.63. The van der Waals surface area contributed by atoms with Crippen molar-refractivity contribution in [3.8, 4) is 0 Å². The molecule has 0 radical (unpaired) electrons. The van der Waals surface area contributed by atoms with Crippen molar-refractivity contribution < 1.29 is 9.59 Å². The molecule has 0 atom stereocenters. The Labute approximate surface area is 178 Å². The van der Waals surface area contributed by atoms with E-state index in [1.165, 1.54) is 16.7 Å². The normalized spacial score (nSPS) is 15.4. The first-order chi connectivity index (χ1) is 14.1. The van der Waals surface area contributed by atoms with Gasteiger partial charge >= 0.3 is 0 Å². The van der Waals surface area contributed by atoms with Crippen molar-refractivity contribution in [1.82, 2.24) is 15.2 Å². The predicted octanol–water partition coefficient (Wildman–Crippen LogP) is 3.73. The Morgan fingerprint density at radius 2 is 1.90 bits per heavy atom. The van der Waals surface area contributed by atoms with Gasteiger partial charge in [0.2, 0.25) is 5.91 Å². The summed E-state index contributed by atoms with van der Waals surface area (Å²) in [5.74, 6) is -0.447. The van der Waals surface area contributed by atoms with Crippen molar-refractivity contribution in [2.45, 2.75) is 6.42 Å². The Morgan fingerprint density at radius 3 is 2.72 bits per heavy atom. The molecule has 1 aliphatic rings. The Hall–Kier alpha value is -2.90. The number of para-hydroxylation sites is 1. The van der Waals surface area contributed by atoms with Crippen LogP contribution in [-0.4, -0.2) is 39.1 Å². The maximum atomic E-state index is 12.6. The molecule has 0 unspecified atom stereocenters. The second-order valence-electron chi connectivity index (χ2n) is 6.64. The van der Waals surface area contributed by atoms with E-state index in [1.807, 2.05) is 54.7 Å². The van der Waals surface area contributed by atoms with Crippen LogP contribution in [-0.2, 0) is 16.0 Å². The molecule has 4 rings (SSSR count). The fourth-order valence-corrected chi connectivity index (χ4v) is 4.47. The average Bonchev–Trinajstić information content (AvgIpc) is 3.25. The van der Waals surface area contributed by atoms with Crippen LogP contribution in [0.4, 0.5) is 0 Å². The molecule has 0 spiro atoms. The summed E-state index contributed by atoms with van der Waals surface area (Å²) in [6, 6.07) is 17.6. The van der Waals surface area contributed by atoms with Gasteiger partial charge in [0.15, 0.2) is 0 Å². The summed E-state index contributed by atoms with van der Waals surface area (Å²) in [5.41, 5.74) is 3.16. The lowest BCUT2D eigenvalue weighted by Crippen LogP contribution is -2.40.